The summed E-state index contributed by atoms with van der Waals surface area (Å²) in [5.41, 5.74) is 0.362. The summed E-state index contributed by atoms with van der Waals surface area (Å²) >= 11 is 0. The van der Waals surface area contributed by atoms with Gasteiger partial charge in [-0.05, 0) is 18.3 Å². The van der Waals surface area contributed by atoms with Gasteiger partial charge in [0.25, 0.3) is 0 Å². The lowest BCUT2D eigenvalue weighted by Gasteiger charge is -2.40. The standard InChI is InChI=1S/C13H28N2O/c1-5-12-10-14-7-8-15(12)11-13(2,3)6-9-16-4/h12,14H,5-11H2,1-4H3. The molecule has 1 N–H and O–H groups in total. The highest BCUT2D eigenvalue weighted by atomic mass is 16.5. The molecule has 0 aromatic rings. The van der Waals surface area contributed by atoms with Crippen LogP contribution in [0.25, 0.3) is 0 Å². The second kappa shape index (κ2) is 6.58. The molecule has 0 aromatic carbocycles. The van der Waals surface area contributed by atoms with Crippen molar-refractivity contribution in [2.24, 2.45) is 5.41 Å². The number of hydrogen-bond donors (Lipinski definition) is 1. The average molecular weight is 228 g/mol. The predicted octanol–water partition coefficient (Wildman–Crippen LogP) is 1.73. The zero-order chi connectivity index (χ0) is 12.0. The molecule has 3 heteroatoms. The molecule has 0 aliphatic carbocycles. The van der Waals surface area contributed by atoms with Crippen molar-refractivity contribution < 1.29 is 4.74 Å². The van der Waals surface area contributed by atoms with Gasteiger partial charge in [-0.25, -0.2) is 0 Å². The van der Waals surface area contributed by atoms with E-state index in [2.05, 4.69) is 31.0 Å². The Hall–Kier alpha value is -0.120. The summed E-state index contributed by atoms with van der Waals surface area (Å²) in [5, 5.41) is 3.48. The second-order valence-electron chi connectivity index (χ2n) is 5.64. The molecule has 0 amide bonds. The van der Waals surface area contributed by atoms with Crippen molar-refractivity contribution in [3.8, 4) is 0 Å². The molecule has 0 spiro atoms. The Bertz CT molecular complexity index is 194. The summed E-state index contributed by atoms with van der Waals surface area (Å²) in [4.78, 5) is 2.64. The molecule has 1 unspecified atom stereocenters. The minimum absolute atomic E-state index is 0.362. The highest BCUT2D eigenvalue weighted by Gasteiger charge is 2.27. The molecule has 0 radical (unpaired) electrons. The highest BCUT2D eigenvalue weighted by Crippen LogP contribution is 2.24. The van der Waals surface area contributed by atoms with Crippen LogP contribution in [0.15, 0.2) is 0 Å². The summed E-state index contributed by atoms with van der Waals surface area (Å²) in [6.45, 7) is 12.5. The van der Waals surface area contributed by atoms with E-state index in [1.54, 1.807) is 7.11 Å². The molecule has 1 heterocycles. The van der Waals surface area contributed by atoms with Crippen LogP contribution in [-0.2, 0) is 4.74 Å². The Labute approximate surface area is 101 Å². The van der Waals surface area contributed by atoms with Crippen LogP contribution in [0.3, 0.4) is 0 Å². The smallest absolute Gasteiger partial charge is 0.0467 e. The van der Waals surface area contributed by atoms with Crippen molar-refractivity contribution in [1.29, 1.82) is 0 Å². The first kappa shape index (κ1) is 13.9. The van der Waals surface area contributed by atoms with Crippen molar-refractivity contribution >= 4 is 0 Å². The molecule has 1 fully saturated rings. The molecule has 1 saturated heterocycles. The largest absolute Gasteiger partial charge is 0.385 e. The summed E-state index contributed by atoms with van der Waals surface area (Å²) in [5.74, 6) is 0. The molecule has 1 rings (SSSR count). The van der Waals surface area contributed by atoms with Gasteiger partial charge in [-0.3, -0.25) is 4.90 Å². The third kappa shape index (κ3) is 4.40. The Morgan fingerprint density at radius 3 is 2.81 bits per heavy atom. The van der Waals surface area contributed by atoms with Gasteiger partial charge in [-0.1, -0.05) is 20.8 Å². The minimum Gasteiger partial charge on any atom is -0.385 e. The molecule has 1 aliphatic rings. The Morgan fingerprint density at radius 2 is 2.19 bits per heavy atom. The van der Waals surface area contributed by atoms with Gasteiger partial charge in [0.15, 0.2) is 0 Å². The third-order valence-electron chi connectivity index (χ3n) is 3.56. The molecule has 0 saturated carbocycles. The summed E-state index contributed by atoms with van der Waals surface area (Å²) in [6.07, 6.45) is 2.39. The quantitative estimate of drug-likeness (QED) is 0.749. The van der Waals surface area contributed by atoms with E-state index in [1.165, 1.54) is 19.5 Å². The maximum Gasteiger partial charge on any atom is 0.0467 e. The van der Waals surface area contributed by atoms with Crippen molar-refractivity contribution in [3.63, 3.8) is 0 Å². The molecule has 16 heavy (non-hydrogen) atoms. The van der Waals surface area contributed by atoms with Crippen molar-refractivity contribution in [1.82, 2.24) is 10.2 Å². The van der Waals surface area contributed by atoms with Gasteiger partial charge in [0.2, 0.25) is 0 Å². The summed E-state index contributed by atoms with van der Waals surface area (Å²) in [6, 6.07) is 0.718. The summed E-state index contributed by atoms with van der Waals surface area (Å²) in [7, 11) is 1.79. The Balaban J connectivity index is 2.43. The zero-order valence-electron chi connectivity index (χ0n) is 11.4. The van der Waals surface area contributed by atoms with Gasteiger partial charge in [0, 0.05) is 45.9 Å². The van der Waals surface area contributed by atoms with Crippen LogP contribution < -0.4 is 5.32 Å². The fourth-order valence-electron chi connectivity index (χ4n) is 2.42. The maximum atomic E-state index is 5.19. The van der Waals surface area contributed by atoms with Crippen molar-refractivity contribution in [3.05, 3.63) is 0 Å². The van der Waals surface area contributed by atoms with Gasteiger partial charge >= 0.3 is 0 Å². The molecule has 1 aliphatic heterocycles. The monoisotopic (exact) mass is 228 g/mol. The first-order valence-electron chi connectivity index (χ1n) is 6.53. The normalized spacial score (nSPS) is 23.6. The van der Waals surface area contributed by atoms with Crippen LogP contribution in [-0.4, -0.2) is 50.8 Å². The van der Waals surface area contributed by atoms with Crippen LogP contribution in [0.2, 0.25) is 0 Å². The number of rotatable bonds is 6. The van der Waals surface area contributed by atoms with E-state index in [9.17, 15) is 0 Å². The predicted molar refractivity (Wildman–Crippen MR) is 68.8 cm³/mol. The molecule has 3 nitrogen and oxygen atoms in total. The lowest BCUT2D eigenvalue weighted by Crippen LogP contribution is -2.53. The Morgan fingerprint density at radius 1 is 1.44 bits per heavy atom. The summed E-state index contributed by atoms with van der Waals surface area (Å²) < 4.78 is 5.19. The molecule has 96 valence electrons. The topological polar surface area (TPSA) is 24.5 Å². The number of ether oxygens (including phenoxy) is 1. The highest BCUT2D eigenvalue weighted by molar-refractivity contribution is 4.83. The van der Waals surface area contributed by atoms with Gasteiger partial charge in [-0.15, -0.1) is 0 Å². The van der Waals surface area contributed by atoms with Gasteiger partial charge < -0.3 is 10.1 Å². The van der Waals surface area contributed by atoms with E-state index in [0.29, 0.717) is 5.41 Å². The van der Waals surface area contributed by atoms with Crippen molar-refractivity contribution in [2.45, 2.75) is 39.7 Å². The average Bonchev–Trinajstić information content (AvgIpc) is 2.27. The maximum absolute atomic E-state index is 5.19. The lowest BCUT2D eigenvalue weighted by molar-refractivity contribution is 0.0780. The van der Waals surface area contributed by atoms with E-state index < -0.39 is 0 Å². The number of hydrogen-bond acceptors (Lipinski definition) is 3. The number of nitrogens with zero attached hydrogens (tertiary/aromatic N) is 1. The lowest BCUT2D eigenvalue weighted by atomic mass is 9.88. The molecule has 1 atom stereocenters. The molecule has 0 bridgehead atoms. The first-order chi connectivity index (χ1) is 7.59. The third-order valence-corrected chi connectivity index (χ3v) is 3.56. The molecular formula is C13H28N2O. The minimum atomic E-state index is 0.362. The van der Waals surface area contributed by atoms with E-state index in [1.807, 2.05) is 0 Å². The van der Waals surface area contributed by atoms with E-state index in [-0.39, 0.29) is 0 Å². The van der Waals surface area contributed by atoms with E-state index in [4.69, 9.17) is 4.74 Å². The fourth-order valence-corrected chi connectivity index (χ4v) is 2.42. The van der Waals surface area contributed by atoms with E-state index >= 15 is 0 Å². The number of methoxy groups -OCH3 is 1. The zero-order valence-corrected chi connectivity index (χ0v) is 11.4. The van der Waals surface area contributed by atoms with Crippen LogP contribution >= 0.6 is 0 Å². The van der Waals surface area contributed by atoms with Crippen LogP contribution in [0.5, 0.6) is 0 Å². The number of nitrogens with one attached hydrogen (secondary N) is 1. The fraction of sp³-hybridized carbons (Fsp3) is 1.00. The Kier molecular flexibility index (Phi) is 5.73. The SMILES string of the molecule is CCC1CNCCN1CC(C)(C)CCOC. The van der Waals surface area contributed by atoms with Gasteiger partial charge in [-0.2, -0.15) is 0 Å². The van der Waals surface area contributed by atoms with E-state index in [0.717, 1.165) is 32.2 Å². The van der Waals surface area contributed by atoms with Crippen LogP contribution in [0, 0.1) is 5.41 Å². The first-order valence-corrected chi connectivity index (χ1v) is 6.53. The molecule has 0 aromatic heterocycles. The number of piperazine rings is 1. The van der Waals surface area contributed by atoms with Crippen LogP contribution in [0.1, 0.15) is 33.6 Å². The van der Waals surface area contributed by atoms with Gasteiger partial charge in [0.05, 0.1) is 0 Å². The molecular weight excluding hydrogens is 200 g/mol. The van der Waals surface area contributed by atoms with Crippen molar-refractivity contribution in [2.75, 3.05) is 39.9 Å². The van der Waals surface area contributed by atoms with Crippen LogP contribution in [0.4, 0.5) is 0 Å². The second-order valence-corrected chi connectivity index (χ2v) is 5.64. The van der Waals surface area contributed by atoms with Gasteiger partial charge in [0.1, 0.15) is 0 Å².